The Hall–Kier alpha value is -2.56. The Balaban J connectivity index is 1.85. The van der Waals surface area contributed by atoms with E-state index in [1.165, 1.54) is 0 Å². The first-order valence-corrected chi connectivity index (χ1v) is 6.81. The molecule has 0 aliphatic carbocycles. The Labute approximate surface area is 122 Å². The Bertz CT molecular complexity index is 794. The van der Waals surface area contributed by atoms with Gasteiger partial charge < -0.3 is 16.0 Å². The molecule has 108 valence electrons. The van der Waals surface area contributed by atoms with Gasteiger partial charge in [0, 0.05) is 5.69 Å². The number of halogens is 1. The Morgan fingerprint density at radius 2 is 2.05 bits per heavy atom. The van der Waals surface area contributed by atoms with Crippen molar-refractivity contribution in [2.75, 3.05) is 11.1 Å². The van der Waals surface area contributed by atoms with E-state index in [0.29, 0.717) is 17.2 Å². The average molecular weight is 284 g/mol. The standard InChI is InChI=1S/C16H17FN4/c1-9-3-4-11(7-13(9)17)10(2)19-16-20-14-6-5-12(18)8-15(14)21-16/h3-8,10H,18H2,1-2H3,(H2,19,20,21). The number of anilines is 2. The molecule has 4 nitrogen and oxygen atoms in total. The molecule has 0 aliphatic rings. The number of aryl methyl sites for hydroxylation is 1. The fraction of sp³-hybridized carbons (Fsp3) is 0.188. The van der Waals surface area contributed by atoms with Crippen LogP contribution in [0.3, 0.4) is 0 Å². The van der Waals surface area contributed by atoms with Gasteiger partial charge in [0.1, 0.15) is 5.82 Å². The third kappa shape index (κ3) is 2.67. The Morgan fingerprint density at radius 1 is 1.24 bits per heavy atom. The van der Waals surface area contributed by atoms with E-state index in [1.54, 1.807) is 19.1 Å². The van der Waals surface area contributed by atoms with Crippen LogP contribution in [0.4, 0.5) is 16.0 Å². The largest absolute Gasteiger partial charge is 0.399 e. The van der Waals surface area contributed by atoms with E-state index in [2.05, 4.69) is 15.3 Å². The first-order valence-electron chi connectivity index (χ1n) is 6.81. The van der Waals surface area contributed by atoms with Crippen molar-refractivity contribution in [1.29, 1.82) is 0 Å². The average Bonchev–Trinajstić information content (AvgIpc) is 2.83. The lowest BCUT2D eigenvalue weighted by atomic mass is 10.1. The number of nitrogens with two attached hydrogens (primary N) is 1. The molecule has 1 atom stereocenters. The number of aromatic nitrogens is 2. The minimum Gasteiger partial charge on any atom is -0.399 e. The number of H-pyrrole nitrogens is 1. The summed E-state index contributed by atoms with van der Waals surface area (Å²) in [5.74, 6) is 0.447. The van der Waals surface area contributed by atoms with Crippen LogP contribution in [-0.4, -0.2) is 9.97 Å². The summed E-state index contributed by atoms with van der Waals surface area (Å²) in [5.41, 5.74) is 9.67. The molecule has 21 heavy (non-hydrogen) atoms. The molecule has 5 heteroatoms. The highest BCUT2D eigenvalue weighted by Gasteiger charge is 2.10. The number of nitrogen functional groups attached to an aromatic ring is 1. The van der Waals surface area contributed by atoms with Crippen molar-refractivity contribution in [3.63, 3.8) is 0 Å². The second-order valence-electron chi connectivity index (χ2n) is 5.24. The first-order chi connectivity index (χ1) is 10.0. The molecule has 1 aromatic heterocycles. The highest BCUT2D eigenvalue weighted by Crippen LogP contribution is 2.22. The summed E-state index contributed by atoms with van der Waals surface area (Å²) in [6.07, 6.45) is 0. The number of imidazole rings is 1. The first kappa shape index (κ1) is 13.4. The van der Waals surface area contributed by atoms with E-state index < -0.39 is 0 Å². The third-order valence-corrected chi connectivity index (χ3v) is 3.56. The fourth-order valence-corrected chi connectivity index (χ4v) is 2.26. The van der Waals surface area contributed by atoms with Gasteiger partial charge in [0.05, 0.1) is 17.1 Å². The molecule has 0 aliphatic heterocycles. The summed E-state index contributed by atoms with van der Waals surface area (Å²) in [5, 5.41) is 3.24. The molecule has 4 N–H and O–H groups in total. The number of benzene rings is 2. The van der Waals surface area contributed by atoms with Crippen molar-refractivity contribution < 1.29 is 4.39 Å². The summed E-state index contributed by atoms with van der Waals surface area (Å²) in [6.45, 7) is 3.71. The van der Waals surface area contributed by atoms with Crippen LogP contribution in [0.15, 0.2) is 36.4 Å². The van der Waals surface area contributed by atoms with Crippen molar-refractivity contribution in [3.05, 3.63) is 53.3 Å². The maximum Gasteiger partial charge on any atom is 0.201 e. The zero-order valence-electron chi connectivity index (χ0n) is 11.9. The van der Waals surface area contributed by atoms with Gasteiger partial charge in [0.15, 0.2) is 0 Å². The van der Waals surface area contributed by atoms with Crippen LogP contribution in [-0.2, 0) is 0 Å². The van der Waals surface area contributed by atoms with Crippen molar-refractivity contribution in [1.82, 2.24) is 9.97 Å². The number of aromatic amines is 1. The number of fused-ring (bicyclic) bond motifs is 1. The van der Waals surface area contributed by atoms with E-state index in [-0.39, 0.29) is 11.9 Å². The monoisotopic (exact) mass is 284 g/mol. The van der Waals surface area contributed by atoms with Gasteiger partial charge in [-0.3, -0.25) is 0 Å². The molecule has 3 aromatic rings. The number of hydrogen-bond acceptors (Lipinski definition) is 3. The summed E-state index contributed by atoms with van der Waals surface area (Å²) >= 11 is 0. The van der Waals surface area contributed by atoms with Gasteiger partial charge >= 0.3 is 0 Å². The van der Waals surface area contributed by atoms with Crippen molar-refractivity contribution >= 4 is 22.7 Å². The van der Waals surface area contributed by atoms with E-state index >= 15 is 0 Å². The zero-order valence-corrected chi connectivity index (χ0v) is 11.9. The second kappa shape index (κ2) is 5.09. The van der Waals surface area contributed by atoms with Crippen LogP contribution >= 0.6 is 0 Å². The molecular weight excluding hydrogens is 267 g/mol. The van der Waals surface area contributed by atoms with Gasteiger partial charge in [-0.1, -0.05) is 12.1 Å². The van der Waals surface area contributed by atoms with Crippen LogP contribution in [0.25, 0.3) is 11.0 Å². The molecule has 3 rings (SSSR count). The SMILES string of the molecule is Cc1ccc(C(C)Nc2nc3ccc(N)cc3[nH]2)cc1F. The normalized spacial score (nSPS) is 12.5. The number of rotatable bonds is 3. The summed E-state index contributed by atoms with van der Waals surface area (Å²) in [7, 11) is 0. The minimum atomic E-state index is -0.196. The summed E-state index contributed by atoms with van der Waals surface area (Å²) in [6, 6.07) is 10.7. The van der Waals surface area contributed by atoms with Gasteiger partial charge in [0.2, 0.25) is 5.95 Å². The van der Waals surface area contributed by atoms with Gasteiger partial charge in [-0.2, -0.15) is 0 Å². The molecule has 0 fully saturated rings. The van der Waals surface area contributed by atoms with Crippen LogP contribution < -0.4 is 11.1 Å². The lowest BCUT2D eigenvalue weighted by molar-refractivity contribution is 0.614. The van der Waals surface area contributed by atoms with E-state index in [4.69, 9.17) is 5.73 Å². The lowest BCUT2D eigenvalue weighted by Gasteiger charge is -2.14. The highest BCUT2D eigenvalue weighted by atomic mass is 19.1. The van der Waals surface area contributed by atoms with Crippen molar-refractivity contribution in [2.45, 2.75) is 19.9 Å². The Kier molecular flexibility index (Phi) is 3.25. The number of hydrogen-bond donors (Lipinski definition) is 3. The maximum atomic E-state index is 13.6. The molecule has 2 aromatic carbocycles. The molecule has 0 spiro atoms. The number of nitrogens with zero attached hydrogens (tertiary/aromatic N) is 1. The Morgan fingerprint density at radius 3 is 2.81 bits per heavy atom. The van der Waals surface area contributed by atoms with E-state index in [9.17, 15) is 4.39 Å². The smallest absolute Gasteiger partial charge is 0.201 e. The second-order valence-corrected chi connectivity index (χ2v) is 5.24. The highest BCUT2D eigenvalue weighted by molar-refractivity contribution is 5.80. The molecular formula is C16H17FN4. The van der Waals surface area contributed by atoms with Crippen LogP contribution in [0, 0.1) is 12.7 Å². The summed E-state index contributed by atoms with van der Waals surface area (Å²) in [4.78, 5) is 7.61. The van der Waals surface area contributed by atoms with Crippen molar-refractivity contribution in [2.24, 2.45) is 0 Å². The predicted octanol–water partition coefficient (Wildman–Crippen LogP) is 3.77. The van der Waals surface area contributed by atoms with E-state index in [0.717, 1.165) is 16.6 Å². The zero-order chi connectivity index (χ0) is 15.0. The molecule has 1 unspecified atom stereocenters. The van der Waals surface area contributed by atoms with Gasteiger partial charge in [0.25, 0.3) is 0 Å². The topological polar surface area (TPSA) is 66.7 Å². The molecule has 0 bridgehead atoms. The molecule has 0 saturated carbocycles. The maximum absolute atomic E-state index is 13.6. The van der Waals surface area contributed by atoms with Crippen LogP contribution in [0.5, 0.6) is 0 Å². The lowest BCUT2D eigenvalue weighted by Crippen LogP contribution is -2.08. The third-order valence-electron chi connectivity index (χ3n) is 3.56. The van der Waals surface area contributed by atoms with Gasteiger partial charge in [-0.05, 0) is 49.2 Å². The van der Waals surface area contributed by atoms with Crippen molar-refractivity contribution in [3.8, 4) is 0 Å². The number of nitrogens with one attached hydrogen (secondary N) is 2. The van der Waals surface area contributed by atoms with Crippen LogP contribution in [0.2, 0.25) is 0 Å². The van der Waals surface area contributed by atoms with E-state index in [1.807, 2.05) is 31.2 Å². The summed E-state index contributed by atoms with van der Waals surface area (Å²) < 4.78 is 13.6. The fourth-order valence-electron chi connectivity index (χ4n) is 2.26. The predicted molar refractivity (Wildman–Crippen MR) is 83.7 cm³/mol. The van der Waals surface area contributed by atoms with Gasteiger partial charge in [-0.15, -0.1) is 0 Å². The molecule has 0 radical (unpaired) electrons. The van der Waals surface area contributed by atoms with Gasteiger partial charge in [-0.25, -0.2) is 9.37 Å². The van der Waals surface area contributed by atoms with Crippen LogP contribution in [0.1, 0.15) is 24.1 Å². The molecule has 1 heterocycles. The quantitative estimate of drug-likeness (QED) is 0.641. The minimum absolute atomic E-state index is 0.0574. The molecule has 0 saturated heterocycles. The molecule has 0 amide bonds.